The average molecular weight is 445 g/mol. The van der Waals surface area contributed by atoms with E-state index in [-0.39, 0.29) is 18.1 Å². The third-order valence-corrected chi connectivity index (χ3v) is 5.68. The minimum Gasteiger partial charge on any atom is -0.444 e. The number of amides is 2. The Bertz CT molecular complexity index is 984. The first kappa shape index (κ1) is 22.5. The normalized spacial score (nSPS) is 19.6. The highest BCUT2D eigenvalue weighted by Gasteiger charge is 2.34. The Morgan fingerprint density at radius 2 is 2.03 bits per heavy atom. The van der Waals surface area contributed by atoms with Gasteiger partial charge in [-0.15, -0.1) is 0 Å². The molecule has 2 aliphatic rings. The van der Waals surface area contributed by atoms with Crippen LogP contribution in [0.4, 0.5) is 4.79 Å². The molecular weight excluding hydrogens is 412 g/mol. The van der Waals surface area contributed by atoms with Crippen LogP contribution < -0.4 is 5.32 Å². The number of nitrogens with one attached hydrogen (secondary N) is 1. The Hall–Kier alpha value is -2.65. The molecule has 9 nitrogen and oxygen atoms in total. The van der Waals surface area contributed by atoms with Gasteiger partial charge in [-0.25, -0.2) is 4.79 Å². The number of aromatic nitrogens is 2. The maximum Gasteiger partial charge on any atom is 0.410 e. The summed E-state index contributed by atoms with van der Waals surface area (Å²) in [6.07, 6.45) is 1.61. The number of hydrogen-bond donors (Lipinski definition) is 1. The van der Waals surface area contributed by atoms with E-state index in [9.17, 15) is 9.59 Å². The number of carbonyl (C=O) groups is 2. The Labute approximate surface area is 188 Å². The number of fused-ring (bicyclic) bond motifs is 1. The Balaban J connectivity index is 1.35. The molecule has 1 aromatic carbocycles. The second-order valence-electron chi connectivity index (χ2n) is 9.55. The van der Waals surface area contributed by atoms with E-state index in [0.29, 0.717) is 57.5 Å². The average Bonchev–Trinajstić information content (AvgIpc) is 3.12. The standard InChI is InChI=1S/C23H32N4O5/c1-15-18(21(28)24-9-17-14-30-7-8-31-17)5-6-20-19(15)13-27(25-20)12-16-10-26(11-16)22(29)32-23(2,3)4/h5-6,13,16-17H,7-12,14H2,1-4H3,(H,24,28). The highest BCUT2D eigenvalue weighted by atomic mass is 16.6. The second kappa shape index (κ2) is 9.07. The predicted molar refractivity (Wildman–Crippen MR) is 119 cm³/mol. The minimum absolute atomic E-state index is 0.109. The van der Waals surface area contributed by atoms with Gasteiger partial charge in [0.15, 0.2) is 0 Å². The molecule has 0 radical (unpaired) electrons. The van der Waals surface area contributed by atoms with Gasteiger partial charge in [-0.05, 0) is 45.4 Å². The molecule has 9 heteroatoms. The largest absolute Gasteiger partial charge is 0.444 e. The number of likely N-dealkylation sites (tertiary alicyclic amines) is 1. The van der Waals surface area contributed by atoms with Crippen LogP contribution in [-0.4, -0.2) is 77.8 Å². The van der Waals surface area contributed by atoms with Crippen molar-refractivity contribution in [3.05, 3.63) is 29.5 Å². The first-order valence-electron chi connectivity index (χ1n) is 11.1. The van der Waals surface area contributed by atoms with E-state index in [2.05, 4.69) is 10.4 Å². The quantitative estimate of drug-likeness (QED) is 0.761. The molecule has 1 N–H and O–H groups in total. The van der Waals surface area contributed by atoms with Gasteiger partial charge in [-0.1, -0.05) is 0 Å². The second-order valence-corrected chi connectivity index (χ2v) is 9.55. The molecule has 0 spiro atoms. The molecule has 2 amide bonds. The fourth-order valence-electron chi connectivity index (χ4n) is 4.00. The minimum atomic E-state index is -0.486. The van der Waals surface area contributed by atoms with E-state index in [1.807, 2.05) is 50.7 Å². The maximum absolute atomic E-state index is 12.7. The van der Waals surface area contributed by atoms with Crippen molar-refractivity contribution in [2.24, 2.45) is 5.92 Å². The summed E-state index contributed by atoms with van der Waals surface area (Å²) in [4.78, 5) is 26.5. The van der Waals surface area contributed by atoms with Crippen molar-refractivity contribution in [1.82, 2.24) is 20.0 Å². The van der Waals surface area contributed by atoms with Crippen molar-refractivity contribution in [1.29, 1.82) is 0 Å². The van der Waals surface area contributed by atoms with Crippen molar-refractivity contribution in [3.8, 4) is 0 Å². The summed E-state index contributed by atoms with van der Waals surface area (Å²) < 4.78 is 18.3. The van der Waals surface area contributed by atoms with Gasteiger partial charge in [0.1, 0.15) is 5.60 Å². The fraction of sp³-hybridized carbons (Fsp3) is 0.609. The Kier molecular flexibility index (Phi) is 6.39. The van der Waals surface area contributed by atoms with Gasteiger partial charge >= 0.3 is 6.09 Å². The number of hydrogen-bond acceptors (Lipinski definition) is 6. The zero-order chi connectivity index (χ0) is 22.9. The number of benzene rings is 1. The van der Waals surface area contributed by atoms with E-state index in [4.69, 9.17) is 14.2 Å². The lowest BCUT2D eigenvalue weighted by atomic mass is 10.0. The summed E-state index contributed by atoms with van der Waals surface area (Å²) in [6, 6.07) is 3.69. The van der Waals surface area contributed by atoms with Crippen molar-refractivity contribution < 1.29 is 23.8 Å². The molecule has 4 rings (SSSR count). The summed E-state index contributed by atoms with van der Waals surface area (Å²) in [6.45, 7) is 11.7. The molecule has 174 valence electrons. The number of ether oxygens (including phenoxy) is 3. The first-order chi connectivity index (χ1) is 15.2. The van der Waals surface area contributed by atoms with Crippen LogP contribution >= 0.6 is 0 Å². The van der Waals surface area contributed by atoms with Gasteiger partial charge in [0.05, 0.1) is 31.4 Å². The summed E-state index contributed by atoms with van der Waals surface area (Å²) in [5.74, 6) is 0.205. The highest BCUT2D eigenvalue weighted by molar-refractivity contribution is 6.00. The lowest BCUT2D eigenvalue weighted by molar-refractivity contribution is -0.0855. The molecule has 0 saturated carbocycles. The smallest absolute Gasteiger partial charge is 0.410 e. The van der Waals surface area contributed by atoms with Gasteiger partial charge in [0, 0.05) is 49.2 Å². The molecule has 32 heavy (non-hydrogen) atoms. The lowest BCUT2D eigenvalue weighted by Gasteiger charge is -2.39. The van der Waals surface area contributed by atoms with Crippen LogP contribution in [-0.2, 0) is 20.8 Å². The van der Waals surface area contributed by atoms with Crippen molar-refractivity contribution >= 4 is 22.9 Å². The molecule has 2 aromatic rings. The van der Waals surface area contributed by atoms with Crippen LogP contribution in [0, 0.1) is 12.8 Å². The van der Waals surface area contributed by atoms with Crippen molar-refractivity contribution in [2.75, 3.05) is 39.5 Å². The molecule has 2 fully saturated rings. The topological polar surface area (TPSA) is 94.9 Å². The molecule has 1 unspecified atom stereocenters. The zero-order valence-corrected chi connectivity index (χ0v) is 19.2. The summed E-state index contributed by atoms with van der Waals surface area (Å²) in [5.41, 5.74) is 1.90. The molecule has 0 aliphatic carbocycles. The zero-order valence-electron chi connectivity index (χ0n) is 19.2. The van der Waals surface area contributed by atoms with Crippen LogP contribution in [0.25, 0.3) is 10.9 Å². The van der Waals surface area contributed by atoms with E-state index in [1.54, 1.807) is 4.90 Å². The predicted octanol–water partition coefficient (Wildman–Crippen LogP) is 2.36. The molecule has 1 atom stereocenters. The summed E-state index contributed by atoms with van der Waals surface area (Å²) in [7, 11) is 0. The molecule has 2 saturated heterocycles. The van der Waals surface area contributed by atoms with E-state index in [0.717, 1.165) is 16.5 Å². The van der Waals surface area contributed by atoms with Crippen LogP contribution in [0.3, 0.4) is 0 Å². The molecular formula is C23H32N4O5. The monoisotopic (exact) mass is 444 g/mol. The Morgan fingerprint density at radius 3 is 2.72 bits per heavy atom. The maximum atomic E-state index is 12.7. The van der Waals surface area contributed by atoms with Gasteiger partial charge < -0.3 is 24.4 Å². The van der Waals surface area contributed by atoms with Crippen molar-refractivity contribution in [3.63, 3.8) is 0 Å². The third-order valence-electron chi connectivity index (χ3n) is 5.68. The molecule has 3 heterocycles. The highest BCUT2D eigenvalue weighted by Crippen LogP contribution is 2.24. The number of carbonyl (C=O) groups excluding carboxylic acids is 2. The van der Waals surface area contributed by atoms with Gasteiger partial charge in [-0.3, -0.25) is 9.48 Å². The molecule has 1 aromatic heterocycles. The van der Waals surface area contributed by atoms with Crippen LogP contribution in [0.15, 0.2) is 18.3 Å². The SMILES string of the molecule is Cc1c(C(=O)NCC2COCCO2)ccc2nn(CC3CN(C(=O)OC(C)(C)C)C3)cc12. The molecule has 0 bridgehead atoms. The fourth-order valence-corrected chi connectivity index (χ4v) is 4.00. The van der Waals surface area contributed by atoms with Gasteiger partial charge in [0.2, 0.25) is 0 Å². The number of aryl methyl sites for hydroxylation is 1. The van der Waals surface area contributed by atoms with Gasteiger partial charge in [0.25, 0.3) is 5.91 Å². The van der Waals surface area contributed by atoms with E-state index >= 15 is 0 Å². The Morgan fingerprint density at radius 1 is 1.25 bits per heavy atom. The van der Waals surface area contributed by atoms with Gasteiger partial charge in [-0.2, -0.15) is 5.10 Å². The van der Waals surface area contributed by atoms with E-state index < -0.39 is 5.60 Å². The van der Waals surface area contributed by atoms with Crippen molar-refractivity contribution in [2.45, 2.75) is 45.9 Å². The number of nitrogens with zero attached hydrogens (tertiary/aromatic N) is 3. The van der Waals surface area contributed by atoms with Crippen LogP contribution in [0.1, 0.15) is 36.7 Å². The molecule has 2 aliphatic heterocycles. The lowest BCUT2D eigenvalue weighted by Crippen LogP contribution is -2.52. The first-order valence-corrected chi connectivity index (χ1v) is 11.1. The van der Waals surface area contributed by atoms with Crippen LogP contribution in [0.2, 0.25) is 0 Å². The summed E-state index contributed by atoms with van der Waals surface area (Å²) >= 11 is 0. The van der Waals surface area contributed by atoms with E-state index in [1.165, 1.54) is 0 Å². The number of rotatable bonds is 5. The third kappa shape index (κ3) is 5.21. The summed E-state index contributed by atoms with van der Waals surface area (Å²) in [5, 5.41) is 8.56. The van der Waals surface area contributed by atoms with Crippen LogP contribution in [0.5, 0.6) is 0 Å².